The van der Waals surface area contributed by atoms with Crippen LogP contribution in [0.2, 0.25) is 0 Å². The number of ether oxygens (including phenoxy) is 1. The zero-order valence-electron chi connectivity index (χ0n) is 13.6. The van der Waals surface area contributed by atoms with Crippen LogP contribution in [0.1, 0.15) is 30.6 Å². The van der Waals surface area contributed by atoms with Crippen molar-refractivity contribution in [3.8, 4) is 16.9 Å². The van der Waals surface area contributed by atoms with Crippen molar-refractivity contribution < 1.29 is 14.6 Å². The number of benzene rings is 2. The summed E-state index contributed by atoms with van der Waals surface area (Å²) >= 11 is 0. The van der Waals surface area contributed by atoms with Crippen LogP contribution in [0.25, 0.3) is 11.1 Å². The van der Waals surface area contributed by atoms with Gasteiger partial charge in [0.25, 0.3) is 5.91 Å². The van der Waals surface area contributed by atoms with Gasteiger partial charge in [0.1, 0.15) is 5.75 Å². The molecule has 1 atom stereocenters. The average Bonchev–Trinajstić information content (AvgIpc) is 2.55. The number of amides is 1. The highest BCUT2D eigenvalue weighted by molar-refractivity contribution is 5.95. The molecule has 122 valence electrons. The van der Waals surface area contributed by atoms with Gasteiger partial charge >= 0.3 is 0 Å². The Bertz CT molecular complexity index is 653. The number of para-hydroxylation sites is 1. The van der Waals surface area contributed by atoms with Gasteiger partial charge in [-0.2, -0.15) is 0 Å². The van der Waals surface area contributed by atoms with Crippen molar-refractivity contribution in [3.05, 3.63) is 54.1 Å². The lowest BCUT2D eigenvalue weighted by molar-refractivity contribution is 0.0945. The van der Waals surface area contributed by atoms with Crippen LogP contribution in [0.3, 0.4) is 0 Å². The summed E-state index contributed by atoms with van der Waals surface area (Å²) in [6.45, 7) is 4.70. The lowest BCUT2D eigenvalue weighted by atomic mass is 10.0. The van der Waals surface area contributed by atoms with E-state index in [1.54, 1.807) is 13.0 Å². The monoisotopic (exact) mass is 313 g/mol. The Balaban J connectivity index is 2.18. The molecular weight excluding hydrogens is 290 g/mol. The van der Waals surface area contributed by atoms with Crippen LogP contribution in [-0.2, 0) is 0 Å². The first-order chi connectivity index (χ1) is 11.1. The molecule has 23 heavy (non-hydrogen) atoms. The van der Waals surface area contributed by atoms with Crippen LogP contribution < -0.4 is 10.1 Å². The molecule has 0 aromatic heterocycles. The van der Waals surface area contributed by atoms with Gasteiger partial charge in [0.15, 0.2) is 0 Å². The zero-order valence-corrected chi connectivity index (χ0v) is 13.6. The van der Waals surface area contributed by atoms with E-state index in [0.29, 0.717) is 25.1 Å². The molecule has 0 fully saturated rings. The molecule has 2 rings (SSSR count). The summed E-state index contributed by atoms with van der Waals surface area (Å²) in [7, 11) is 0. The number of rotatable bonds is 7. The molecule has 0 saturated heterocycles. The Morgan fingerprint density at radius 2 is 2.00 bits per heavy atom. The molecule has 0 aliphatic rings. The molecule has 0 saturated carbocycles. The molecule has 0 aliphatic heterocycles. The van der Waals surface area contributed by atoms with E-state index >= 15 is 0 Å². The van der Waals surface area contributed by atoms with Crippen molar-refractivity contribution >= 4 is 5.91 Å². The van der Waals surface area contributed by atoms with Crippen LogP contribution >= 0.6 is 0 Å². The van der Waals surface area contributed by atoms with E-state index in [1.165, 1.54) is 0 Å². The summed E-state index contributed by atoms with van der Waals surface area (Å²) in [5, 5.41) is 12.1. The predicted molar refractivity (Wildman–Crippen MR) is 91.7 cm³/mol. The van der Waals surface area contributed by atoms with E-state index in [2.05, 4.69) is 5.32 Å². The van der Waals surface area contributed by atoms with Crippen molar-refractivity contribution in [1.82, 2.24) is 5.32 Å². The van der Waals surface area contributed by atoms with E-state index < -0.39 is 6.10 Å². The lowest BCUT2D eigenvalue weighted by Crippen LogP contribution is -2.26. The summed E-state index contributed by atoms with van der Waals surface area (Å²) in [6.07, 6.45) is 0.123. The van der Waals surface area contributed by atoms with E-state index in [4.69, 9.17) is 4.74 Å². The lowest BCUT2D eigenvalue weighted by Gasteiger charge is -2.11. The van der Waals surface area contributed by atoms with Crippen molar-refractivity contribution in [1.29, 1.82) is 0 Å². The first-order valence-electron chi connectivity index (χ1n) is 7.90. The van der Waals surface area contributed by atoms with Crippen molar-refractivity contribution in [2.75, 3.05) is 13.2 Å². The molecule has 0 radical (unpaired) electrons. The number of aliphatic hydroxyl groups excluding tert-OH is 1. The van der Waals surface area contributed by atoms with Gasteiger partial charge in [0.05, 0.1) is 12.7 Å². The fourth-order valence-electron chi connectivity index (χ4n) is 2.31. The molecule has 0 spiro atoms. The summed E-state index contributed by atoms with van der Waals surface area (Å²) in [5.74, 6) is 0.669. The fourth-order valence-corrected chi connectivity index (χ4v) is 2.31. The third-order valence-corrected chi connectivity index (χ3v) is 3.47. The maximum Gasteiger partial charge on any atom is 0.251 e. The van der Waals surface area contributed by atoms with Gasteiger partial charge in [-0.1, -0.05) is 30.3 Å². The number of carbonyl (C=O) groups is 1. The Labute approximate surface area is 137 Å². The first-order valence-corrected chi connectivity index (χ1v) is 7.90. The van der Waals surface area contributed by atoms with E-state index in [9.17, 15) is 9.90 Å². The van der Waals surface area contributed by atoms with Gasteiger partial charge in [0, 0.05) is 17.7 Å². The second kappa shape index (κ2) is 8.34. The molecular formula is C19H23NO3. The van der Waals surface area contributed by atoms with Crippen molar-refractivity contribution in [2.45, 2.75) is 26.4 Å². The third kappa shape index (κ3) is 4.83. The van der Waals surface area contributed by atoms with E-state index in [-0.39, 0.29) is 5.91 Å². The molecule has 1 amide bonds. The third-order valence-electron chi connectivity index (χ3n) is 3.47. The Morgan fingerprint density at radius 1 is 1.22 bits per heavy atom. The first kappa shape index (κ1) is 17.0. The zero-order chi connectivity index (χ0) is 16.7. The Kier molecular flexibility index (Phi) is 6.18. The van der Waals surface area contributed by atoms with Crippen LogP contribution in [-0.4, -0.2) is 30.3 Å². The summed E-state index contributed by atoms with van der Waals surface area (Å²) in [4.78, 5) is 12.2. The van der Waals surface area contributed by atoms with Gasteiger partial charge in [-0.25, -0.2) is 0 Å². The van der Waals surface area contributed by atoms with Gasteiger partial charge < -0.3 is 15.2 Å². The van der Waals surface area contributed by atoms with Crippen LogP contribution in [0.15, 0.2) is 48.5 Å². The van der Waals surface area contributed by atoms with Crippen LogP contribution in [0.4, 0.5) is 0 Å². The number of aliphatic hydroxyl groups is 1. The Hall–Kier alpha value is -2.33. The largest absolute Gasteiger partial charge is 0.493 e. The highest BCUT2D eigenvalue weighted by atomic mass is 16.5. The molecule has 0 aliphatic carbocycles. The smallest absolute Gasteiger partial charge is 0.251 e. The van der Waals surface area contributed by atoms with Gasteiger partial charge in [0.2, 0.25) is 0 Å². The minimum absolute atomic E-state index is 0.138. The number of hydrogen-bond donors (Lipinski definition) is 2. The SMILES string of the molecule is CCOc1ccccc1-c1cccc(C(=O)NCCC(C)O)c1. The minimum Gasteiger partial charge on any atom is -0.493 e. The summed E-state index contributed by atoms with van der Waals surface area (Å²) < 4.78 is 5.65. The van der Waals surface area contributed by atoms with Crippen LogP contribution in [0.5, 0.6) is 5.75 Å². The van der Waals surface area contributed by atoms with E-state index in [1.807, 2.05) is 49.4 Å². The van der Waals surface area contributed by atoms with Crippen molar-refractivity contribution in [3.63, 3.8) is 0 Å². The molecule has 2 aromatic carbocycles. The van der Waals surface area contributed by atoms with Gasteiger partial charge in [-0.05, 0) is 44.0 Å². The number of hydrogen-bond acceptors (Lipinski definition) is 3. The van der Waals surface area contributed by atoms with Gasteiger partial charge in [-0.15, -0.1) is 0 Å². The second-order valence-corrected chi connectivity index (χ2v) is 5.40. The molecule has 0 bridgehead atoms. The van der Waals surface area contributed by atoms with Gasteiger partial charge in [-0.3, -0.25) is 4.79 Å². The summed E-state index contributed by atoms with van der Waals surface area (Å²) in [6, 6.07) is 15.3. The molecule has 2 aromatic rings. The molecule has 0 heterocycles. The molecule has 2 N–H and O–H groups in total. The van der Waals surface area contributed by atoms with E-state index in [0.717, 1.165) is 16.9 Å². The van der Waals surface area contributed by atoms with Crippen LogP contribution in [0, 0.1) is 0 Å². The highest BCUT2D eigenvalue weighted by Crippen LogP contribution is 2.30. The highest BCUT2D eigenvalue weighted by Gasteiger charge is 2.10. The standard InChI is InChI=1S/C19H23NO3/c1-3-23-18-10-5-4-9-17(18)15-7-6-8-16(13-15)19(22)20-12-11-14(2)21/h4-10,13-14,21H,3,11-12H2,1-2H3,(H,20,22). The summed E-state index contributed by atoms with van der Waals surface area (Å²) in [5.41, 5.74) is 2.50. The quantitative estimate of drug-likeness (QED) is 0.825. The minimum atomic E-state index is -0.417. The average molecular weight is 313 g/mol. The maximum absolute atomic E-state index is 12.2. The fraction of sp³-hybridized carbons (Fsp3) is 0.316. The maximum atomic E-state index is 12.2. The molecule has 4 nitrogen and oxygen atoms in total. The van der Waals surface area contributed by atoms with Crippen molar-refractivity contribution in [2.24, 2.45) is 0 Å². The molecule has 1 unspecified atom stereocenters. The number of carbonyl (C=O) groups excluding carboxylic acids is 1. The molecule has 4 heteroatoms. The normalized spacial score (nSPS) is 11.8. The second-order valence-electron chi connectivity index (χ2n) is 5.40. The number of nitrogens with one attached hydrogen (secondary N) is 1. The predicted octanol–water partition coefficient (Wildman–Crippen LogP) is 3.25. The Morgan fingerprint density at radius 3 is 2.74 bits per heavy atom. The topological polar surface area (TPSA) is 58.6 Å².